The van der Waals surface area contributed by atoms with E-state index in [-0.39, 0.29) is 6.10 Å². The largest absolute Gasteiger partial charge is 0.463 e. The van der Waals surface area contributed by atoms with Crippen LogP contribution in [0, 0.1) is 5.92 Å². The van der Waals surface area contributed by atoms with Crippen molar-refractivity contribution in [2.45, 2.75) is 69.7 Å². The van der Waals surface area contributed by atoms with Crippen LogP contribution in [0.25, 0.3) is 33.4 Å². The van der Waals surface area contributed by atoms with Crippen LogP contribution in [0.3, 0.4) is 0 Å². The van der Waals surface area contributed by atoms with Gasteiger partial charge in [-0.2, -0.15) is 0 Å². The van der Waals surface area contributed by atoms with Crippen LogP contribution in [0.1, 0.15) is 51.4 Å². The van der Waals surface area contributed by atoms with Gasteiger partial charge in [0.25, 0.3) is 22.1 Å². The highest BCUT2D eigenvalue weighted by molar-refractivity contribution is 7.68. The fourth-order valence-electron chi connectivity index (χ4n) is 10.1. The first kappa shape index (κ1) is 50.1. The van der Waals surface area contributed by atoms with Gasteiger partial charge in [0.1, 0.15) is 23.4 Å². The van der Waals surface area contributed by atoms with Crippen molar-refractivity contribution >= 4 is 44.0 Å². The van der Waals surface area contributed by atoms with Gasteiger partial charge in [-0.3, -0.25) is 13.7 Å². The van der Waals surface area contributed by atoms with E-state index >= 15 is 0 Å². The zero-order valence-electron chi connectivity index (χ0n) is 40.4. The lowest BCUT2D eigenvalue weighted by Crippen LogP contribution is -2.22. The summed E-state index contributed by atoms with van der Waals surface area (Å²) in [5.74, 6) is 2.36. The number of hydrogen-bond acceptors (Lipinski definition) is 11. The highest BCUT2D eigenvalue weighted by Crippen LogP contribution is 2.58. The van der Waals surface area contributed by atoms with Crippen molar-refractivity contribution in [2.24, 2.45) is 5.92 Å². The Morgan fingerprint density at radius 1 is 0.542 bits per heavy atom. The van der Waals surface area contributed by atoms with Crippen molar-refractivity contribution in [3.05, 3.63) is 158 Å². The molecule has 0 N–H and O–H groups in total. The van der Waals surface area contributed by atoms with Gasteiger partial charge in [0.2, 0.25) is 0 Å². The van der Waals surface area contributed by atoms with E-state index < -0.39 is 28.1 Å². The van der Waals surface area contributed by atoms with E-state index in [4.69, 9.17) is 32.5 Å². The lowest BCUT2D eigenvalue weighted by molar-refractivity contribution is -0.137. The van der Waals surface area contributed by atoms with Crippen LogP contribution in [0.5, 0.6) is 17.2 Å². The minimum absolute atomic E-state index is 0.268. The number of para-hydroxylation sites is 3. The van der Waals surface area contributed by atoms with Crippen molar-refractivity contribution in [1.82, 2.24) is 0 Å². The highest BCUT2D eigenvalue weighted by Gasteiger charge is 2.45. The zero-order chi connectivity index (χ0) is 49.5. The maximum absolute atomic E-state index is 13.7. The number of rotatable bonds is 16. The summed E-state index contributed by atoms with van der Waals surface area (Å²) in [6.45, 7) is 5.72. The fraction of sp³-hybridized carbons (Fsp3) is 0.328. The van der Waals surface area contributed by atoms with Crippen LogP contribution < -0.4 is 29.5 Å². The first-order chi connectivity index (χ1) is 35.1. The summed E-state index contributed by atoms with van der Waals surface area (Å²) in [7, 11) is -8.68. The van der Waals surface area contributed by atoms with E-state index in [0.29, 0.717) is 74.4 Å². The fourth-order valence-corrected chi connectivity index (χ4v) is 17.3. The maximum Gasteiger partial charge on any atom is 0.330 e. The molecule has 0 amide bonds. The Hall–Kier alpha value is -5.50. The van der Waals surface area contributed by atoms with Gasteiger partial charge in [-0.05, 0) is 110 Å². The summed E-state index contributed by atoms with van der Waals surface area (Å²) < 4.78 is 79.9. The Kier molecular flexibility index (Phi) is 15.5. The number of fused-ring (bicyclic) bond motifs is 10. The molecule has 6 aromatic rings. The molecule has 5 aliphatic heterocycles. The molecule has 5 heterocycles. The van der Waals surface area contributed by atoms with Gasteiger partial charge < -0.3 is 32.5 Å². The molecule has 1 saturated carbocycles. The molecule has 0 aromatic heterocycles. The molecule has 6 aliphatic rings. The lowest BCUT2D eigenvalue weighted by Gasteiger charge is -2.30. The first-order valence-corrected chi connectivity index (χ1v) is 30.6. The van der Waals surface area contributed by atoms with E-state index in [2.05, 4.69) is 12.6 Å². The van der Waals surface area contributed by atoms with Gasteiger partial charge in [0.05, 0.1) is 47.9 Å². The van der Waals surface area contributed by atoms with Gasteiger partial charge in [-0.25, -0.2) is 4.79 Å². The van der Waals surface area contributed by atoms with Crippen molar-refractivity contribution < 1.29 is 51.0 Å². The van der Waals surface area contributed by atoms with E-state index in [0.717, 1.165) is 99.8 Å². The second-order valence-corrected chi connectivity index (χ2v) is 26.4. The second-order valence-electron chi connectivity index (χ2n) is 19.0. The van der Waals surface area contributed by atoms with E-state index in [9.17, 15) is 18.5 Å². The molecule has 11 nitrogen and oxygen atoms in total. The zero-order valence-corrected chi connectivity index (χ0v) is 43.1. The monoisotopic (exact) mass is 1030 g/mol. The summed E-state index contributed by atoms with van der Waals surface area (Å²) in [4.78, 5) is 11.0. The Morgan fingerprint density at radius 3 is 1.49 bits per heavy atom. The summed E-state index contributed by atoms with van der Waals surface area (Å²) in [5, 5.41) is 2.51. The number of ether oxygens (including phenoxy) is 4. The quantitative estimate of drug-likeness (QED) is 0.0301. The van der Waals surface area contributed by atoms with Gasteiger partial charge >= 0.3 is 5.97 Å². The second kappa shape index (κ2) is 22.3. The van der Waals surface area contributed by atoms with E-state index in [1.807, 2.05) is 140 Å². The van der Waals surface area contributed by atoms with Gasteiger partial charge in [0, 0.05) is 47.9 Å². The van der Waals surface area contributed by atoms with Crippen LogP contribution in [0.15, 0.2) is 158 Å². The molecule has 2 saturated heterocycles. The average molecular weight is 1030 g/mol. The minimum atomic E-state index is -2.93. The van der Waals surface area contributed by atoms with Gasteiger partial charge in [-0.15, -0.1) is 0 Å². The summed E-state index contributed by atoms with van der Waals surface area (Å²) in [5.41, 5.74) is 6.12. The molecule has 7 unspecified atom stereocenters. The van der Waals surface area contributed by atoms with Crippen molar-refractivity contribution in [3.63, 3.8) is 0 Å². The molecule has 7 atom stereocenters. The molecule has 72 heavy (non-hydrogen) atoms. The number of unbranched alkanes of at least 4 members (excludes halogenated alkanes) is 2. The Labute approximate surface area is 422 Å². The normalized spacial score (nSPS) is 24.9. The first-order valence-electron chi connectivity index (χ1n) is 25.2. The van der Waals surface area contributed by atoms with E-state index in [1.54, 1.807) is 0 Å². The molecule has 0 bridgehead atoms. The lowest BCUT2D eigenvalue weighted by atomic mass is 9.88. The van der Waals surface area contributed by atoms with Crippen LogP contribution >= 0.6 is 22.1 Å². The van der Waals surface area contributed by atoms with Crippen molar-refractivity contribution in [2.75, 3.05) is 44.9 Å². The molecule has 3 fully saturated rings. The number of esters is 1. The summed E-state index contributed by atoms with van der Waals surface area (Å²) in [6.07, 6.45) is 11.5. The number of carbonyl (C=O) groups is 1. The van der Waals surface area contributed by atoms with E-state index in [1.165, 1.54) is 12.8 Å². The molecule has 6 aromatic carbocycles. The predicted molar refractivity (Wildman–Crippen MR) is 285 cm³/mol. The molecular weight excluding hydrogens is 966 g/mol. The average Bonchev–Trinajstić information content (AvgIpc) is 4.37. The topological polar surface area (TPSA) is 139 Å². The van der Waals surface area contributed by atoms with Crippen molar-refractivity contribution in [3.8, 4) is 50.6 Å². The molecular formula is C58H61O11P3. The van der Waals surface area contributed by atoms with Gasteiger partial charge in [-0.1, -0.05) is 116 Å². The third kappa shape index (κ3) is 11.5. The third-order valence-corrected chi connectivity index (χ3v) is 21.5. The number of epoxide rings is 2. The van der Waals surface area contributed by atoms with Gasteiger partial charge in [0.15, 0.2) is 0 Å². The Balaban J connectivity index is 0.000000124. The third-order valence-electron chi connectivity index (χ3n) is 14.0. The van der Waals surface area contributed by atoms with Crippen LogP contribution in [0.2, 0.25) is 0 Å². The SMILES string of the molecule is C=CC(=O)OCCCCCP1(=O)Oc2ccccc2-c2ccccc21.O=P1(CCC2CCC3OC3C2)Oc2ccccc2-c2ccccc21.O=P1(CCCOCC2CO2)Oc2ccccc2-c2ccccc21. The number of carbonyl (C=O) groups excluding carboxylic acids is 1. The smallest absolute Gasteiger partial charge is 0.330 e. The molecule has 1 aliphatic carbocycles. The molecule has 374 valence electrons. The predicted octanol–water partition coefficient (Wildman–Crippen LogP) is 12.6. The highest BCUT2D eigenvalue weighted by atomic mass is 31.2. The van der Waals surface area contributed by atoms with Crippen LogP contribution in [-0.2, 0) is 37.4 Å². The Morgan fingerprint density at radius 2 is 1.00 bits per heavy atom. The summed E-state index contributed by atoms with van der Waals surface area (Å²) >= 11 is 0. The minimum Gasteiger partial charge on any atom is -0.463 e. The number of hydrogen-bond donors (Lipinski definition) is 0. The molecule has 0 radical (unpaired) electrons. The Bertz CT molecular complexity index is 3060. The van der Waals surface area contributed by atoms with Crippen molar-refractivity contribution in [1.29, 1.82) is 0 Å². The standard InChI is InChI=1S/C20H21O4P.C20H21O3P.C18H19O4P/c1-2-20(21)23-14-8-3-9-15-25(22)19-13-7-5-11-17(19)16-10-4-6-12-18(16)24-25;21-24(12-11-14-9-10-18-19(13-14)22-18)20-8-4-2-6-16(20)15-5-1-3-7-17(15)23-24;19-23(11-5-10-20-12-14-13-21-14)18-9-4-2-7-16(18)15-6-1-3-8-17(15)22-23/h2,4-7,10-13H,1,3,8-9,14-15H2;1-8,14,18-19H,9-13H2;1-4,6-9,14H,5,10-13H2. The molecule has 0 spiro atoms. The number of benzene rings is 6. The van der Waals surface area contributed by atoms with Crippen LogP contribution in [0.4, 0.5) is 0 Å². The van der Waals surface area contributed by atoms with Crippen LogP contribution in [-0.4, -0.2) is 69.2 Å². The summed E-state index contributed by atoms with van der Waals surface area (Å²) in [6, 6.07) is 47.0. The maximum atomic E-state index is 13.7. The molecule has 14 heteroatoms. The molecule has 12 rings (SSSR count).